The Morgan fingerprint density at radius 3 is 2.67 bits per heavy atom. The summed E-state index contributed by atoms with van der Waals surface area (Å²) < 4.78 is 10.3. The van der Waals surface area contributed by atoms with Gasteiger partial charge in [0.25, 0.3) is 0 Å². The molecule has 10 heteroatoms. The molecule has 0 unspecified atom stereocenters. The number of carbonyl (C=O) groups is 2. The van der Waals surface area contributed by atoms with Crippen LogP contribution in [-0.4, -0.2) is 68.1 Å². The molecule has 1 aromatic rings. The van der Waals surface area contributed by atoms with Gasteiger partial charge in [-0.15, -0.1) is 0 Å². The normalized spacial score (nSPS) is 29.4. The average molecular weight is 383 g/mol. The number of benzene rings is 1. The van der Waals surface area contributed by atoms with Crippen molar-refractivity contribution >= 4 is 11.9 Å². The fourth-order valence-electron chi connectivity index (χ4n) is 3.34. The third-order valence-electron chi connectivity index (χ3n) is 4.81. The predicted octanol–water partition coefficient (Wildman–Crippen LogP) is -1.13. The number of carboxylic acids is 1. The van der Waals surface area contributed by atoms with Gasteiger partial charge >= 0.3 is 5.97 Å². The Morgan fingerprint density at radius 1 is 1.22 bits per heavy atom. The first-order valence-electron chi connectivity index (χ1n) is 8.42. The molecule has 27 heavy (non-hydrogen) atoms. The number of rotatable bonds is 5. The molecule has 1 aromatic carbocycles. The molecule has 0 spiro atoms. The SMILES string of the molecule is O=C(CCc1cc(O)c2c(c1)OCO2)N[C@H]1C[C@](O)(C(=O)O)C[C@@H](O)[C@H]1O. The number of aliphatic carboxylic acids is 1. The molecule has 1 aliphatic heterocycles. The topological polar surface area (TPSA) is 166 Å². The van der Waals surface area contributed by atoms with Gasteiger partial charge in [0.15, 0.2) is 17.1 Å². The lowest BCUT2D eigenvalue weighted by Gasteiger charge is -2.40. The lowest BCUT2D eigenvalue weighted by molar-refractivity contribution is -0.175. The summed E-state index contributed by atoms with van der Waals surface area (Å²) in [7, 11) is 0. The second-order valence-electron chi connectivity index (χ2n) is 6.83. The van der Waals surface area contributed by atoms with Gasteiger partial charge in [-0.3, -0.25) is 4.79 Å². The van der Waals surface area contributed by atoms with E-state index in [1.807, 2.05) is 0 Å². The maximum absolute atomic E-state index is 12.2. The smallest absolute Gasteiger partial charge is 0.335 e. The molecule has 0 aromatic heterocycles. The van der Waals surface area contributed by atoms with Crippen LogP contribution in [0.15, 0.2) is 12.1 Å². The van der Waals surface area contributed by atoms with E-state index in [4.69, 9.17) is 14.6 Å². The monoisotopic (exact) mass is 383 g/mol. The number of aliphatic hydroxyl groups is 3. The van der Waals surface area contributed by atoms with Gasteiger partial charge in [0.2, 0.25) is 18.4 Å². The van der Waals surface area contributed by atoms with Crippen molar-refractivity contribution in [2.75, 3.05) is 6.79 Å². The van der Waals surface area contributed by atoms with Crippen LogP contribution in [0, 0.1) is 0 Å². The van der Waals surface area contributed by atoms with Crippen molar-refractivity contribution in [1.29, 1.82) is 0 Å². The van der Waals surface area contributed by atoms with Crippen LogP contribution in [0.5, 0.6) is 17.2 Å². The summed E-state index contributed by atoms with van der Waals surface area (Å²) in [5.74, 6) is -1.50. The molecule has 148 valence electrons. The summed E-state index contributed by atoms with van der Waals surface area (Å²) in [4.78, 5) is 23.4. The Bertz CT molecular complexity index is 752. The van der Waals surface area contributed by atoms with Crippen molar-refractivity contribution in [2.45, 2.75) is 49.5 Å². The van der Waals surface area contributed by atoms with Crippen LogP contribution < -0.4 is 14.8 Å². The standard InChI is InChI=1S/C17H21NO9/c19-10-3-8(4-12-15(10)27-7-26-12)1-2-13(21)18-9-5-17(25,16(23)24)6-11(20)14(9)22/h3-4,9,11,14,19-20,22,25H,1-2,5-7H2,(H,18,21)(H,23,24)/t9-,11+,14-,17+/m0/s1. The molecule has 1 amide bonds. The number of phenols is 1. The highest BCUT2D eigenvalue weighted by atomic mass is 16.7. The molecule has 1 heterocycles. The minimum absolute atomic E-state index is 0.00121. The van der Waals surface area contributed by atoms with Crippen LogP contribution in [0.25, 0.3) is 0 Å². The maximum atomic E-state index is 12.2. The van der Waals surface area contributed by atoms with Gasteiger partial charge < -0.3 is 40.3 Å². The van der Waals surface area contributed by atoms with E-state index >= 15 is 0 Å². The van der Waals surface area contributed by atoms with Crippen LogP contribution >= 0.6 is 0 Å². The molecule has 0 radical (unpaired) electrons. The van der Waals surface area contributed by atoms with E-state index in [1.165, 1.54) is 6.07 Å². The van der Waals surface area contributed by atoms with E-state index in [1.54, 1.807) is 6.07 Å². The van der Waals surface area contributed by atoms with Crippen molar-refractivity contribution in [1.82, 2.24) is 5.32 Å². The average Bonchev–Trinajstić information content (AvgIpc) is 3.06. The Hall–Kier alpha value is -2.56. The Labute approximate surface area is 154 Å². The van der Waals surface area contributed by atoms with E-state index in [9.17, 15) is 30.0 Å². The summed E-state index contributed by atoms with van der Waals surface area (Å²) >= 11 is 0. The first-order valence-corrected chi connectivity index (χ1v) is 8.42. The van der Waals surface area contributed by atoms with Crippen molar-refractivity contribution in [2.24, 2.45) is 0 Å². The van der Waals surface area contributed by atoms with Crippen LogP contribution in [0.2, 0.25) is 0 Å². The summed E-state index contributed by atoms with van der Waals surface area (Å²) in [5, 5.41) is 51.3. The number of ether oxygens (including phenoxy) is 2. The summed E-state index contributed by atoms with van der Waals surface area (Å²) in [6.45, 7) is 0.00121. The van der Waals surface area contributed by atoms with E-state index < -0.39 is 48.6 Å². The quantitative estimate of drug-likeness (QED) is 0.369. The van der Waals surface area contributed by atoms with Gasteiger partial charge in [-0.1, -0.05) is 0 Å². The van der Waals surface area contributed by atoms with E-state index in [0.29, 0.717) is 11.3 Å². The zero-order chi connectivity index (χ0) is 19.8. The number of hydrogen-bond donors (Lipinski definition) is 6. The molecule has 1 aliphatic carbocycles. The van der Waals surface area contributed by atoms with Gasteiger partial charge in [0.1, 0.15) is 6.10 Å². The van der Waals surface area contributed by atoms with Gasteiger partial charge in [0, 0.05) is 19.3 Å². The summed E-state index contributed by atoms with van der Waals surface area (Å²) in [6.07, 6.45) is -3.59. The van der Waals surface area contributed by atoms with Crippen molar-refractivity contribution in [3.8, 4) is 17.2 Å². The molecule has 6 N–H and O–H groups in total. The number of aromatic hydroxyl groups is 1. The second-order valence-corrected chi connectivity index (χ2v) is 6.83. The fraction of sp³-hybridized carbons (Fsp3) is 0.529. The summed E-state index contributed by atoms with van der Waals surface area (Å²) in [6, 6.07) is 1.98. The van der Waals surface area contributed by atoms with Gasteiger partial charge in [0.05, 0.1) is 12.1 Å². The van der Waals surface area contributed by atoms with Crippen molar-refractivity contribution in [3.05, 3.63) is 17.7 Å². The van der Waals surface area contributed by atoms with Crippen molar-refractivity contribution < 1.29 is 44.6 Å². The molecule has 0 saturated heterocycles. The first-order chi connectivity index (χ1) is 12.7. The molecule has 1 fully saturated rings. The molecular weight excluding hydrogens is 362 g/mol. The number of aryl methyl sites for hydroxylation is 1. The third-order valence-corrected chi connectivity index (χ3v) is 4.81. The number of hydrogen-bond acceptors (Lipinski definition) is 8. The number of phenolic OH excluding ortho intramolecular Hbond substituents is 1. The number of aliphatic hydroxyl groups excluding tert-OH is 2. The Balaban J connectivity index is 1.60. The van der Waals surface area contributed by atoms with E-state index in [2.05, 4.69) is 5.32 Å². The van der Waals surface area contributed by atoms with Crippen LogP contribution in [0.1, 0.15) is 24.8 Å². The minimum Gasteiger partial charge on any atom is -0.504 e. The molecule has 10 nitrogen and oxygen atoms in total. The van der Waals surface area contributed by atoms with Crippen LogP contribution in [0.3, 0.4) is 0 Å². The lowest BCUT2D eigenvalue weighted by atomic mass is 9.78. The van der Waals surface area contributed by atoms with Gasteiger partial charge in [-0.2, -0.15) is 0 Å². The van der Waals surface area contributed by atoms with Gasteiger partial charge in [-0.25, -0.2) is 4.79 Å². The zero-order valence-electron chi connectivity index (χ0n) is 14.3. The molecule has 3 rings (SSSR count). The number of carboxylic acid groups (broad SMARTS) is 1. The third kappa shape index (κ3) is 3.92. The zero-order valence-corrected chi connectivity index (χ0v) is 14.3. The van der Waals surface area contributed by atoms with Gasteiger partial charge in [-0.05, 0) is 24.1 Å². The number of amides is 1. The number of fused-ring (bicyclic) bond motifs is 1. The highest BCUT2D eigenvalue weighted by Gasteiger charge is 2.49. The minimum atomic E-state index is -2.22. The maximum Gasteiger partial charge on any atom is 0.335 e. The molecule has 0 bridgehead atoms. The predicted molar refractivity (Wildman–Crippen MR) is 88.3 cm³/mol. The highest BCUT2D eigenvalue weighted by Crippen LogP contribution is 2.41. The van der Waals surface area contributed by atoms with Crippen LogP contribution in [-0.2, 0) is 16.0 Å². The molecular formula is C17H21NO9. The first kappa shape index (κ1) is 19.2. The van der Waals surface area contributed by atoms with Crippen molar-refractivity contribution in [3.63, 3.8) is 0 Å². The fourth-order valence-corrected chi connectivity index (χ4v) is 3.34. The largest absolute Gasteiger partial charge is 0.504 e. The summed E-state index contributed by atoms with van der Waals surface area (Å²) in [5.41, 5.74) is -1.60. The van der Waals surface area contributed by atoms with E-state index in [-0.39, 0.29) is 31.1 Å². The van der Waals surface area contributed by atoms with E-state index in [0.717, 1.165) is 0 Å². The Morgan fingerprint density at radius 2 is 1.96 bits per heavy atom. The molecule has 2 aliphatic rings. The second kappa shape index (κ2) is 7.22. The highest BCUT2D eigenvalue weighted by molar-refractivity contribution is 5.79. The number of carbonyl (C=O) groups excluding carboxylic acids is 1. The molecule has 1 saturated carbocycles. The number of nitrogens with one attached hydrogen (secondary N) is 1. The molecule has 4 atom stereocenters. The Kier molecular flexibility index (Phi) is 5.13. The van der Waals surface area contributed by atoms with Crippen LogP contribution in [0.4, 0.5) is 0 Å². The lowest BCUT2D eigenvalue weighted by Crippen LogP contribution is -2.61.